The van der Waals surface area contributed by atoms with Gasteiger partial charge in [-0.1, -0.05) is 0 Å². The van der Waals surface area contributed by atoms with Crippen molar-refractivity contribution in [3.05, 3.63) is 35.7 Å². The monoisotopic (exact) mass is 172 g/mol. The van der Waals surface area contributed by atoms with Crippen LogP contribution in [0.4, 0.5) is 0 Å². The molecule has 0 N–H and O–H groups in total. The molecular weight excluding hydrogens is 164 g/mol. The lowest BCUT2D eigenvalue weighted by atomic mass is 10.1. The van der Waals surface area contributed by atoms with Gasteiger partial charge in [0.15, 0.2) is 11.9 Å². The minimum Gasteiger partial charge on any atom is -0.298 e. The van der Waals surface area contributed by atoms with Gasteiger partial charge in [-0.05, 0) is 24.6 Å². The second kappa shape index (κ2) is 2.94. The molecule has 13 heavy (non-hydrogen) atoms. The second-order valence-electron chi connectivity index (χ2n) is 2.85. The van der Waals surface area contributed by atoms with Gasteiger partial charge in [0.1, 0.15) is 0 Å². The smallest absolute Gasteiger partial charge is 0.159 e. The number of pyridine rings is 2. The molecule has 0 atom stereocenters. The fourth-order valence-corrected chi connectivity index (χ4v) is 1.31. The number of carbonyl (C=O) groups is 1. The van der Waals surface area contributed by atoms with E-state index in [-0.39, 0.29) is 0 Å². The van der Waals surface area contributed by atoms with Gasteiger partial charge in [-0.25, -0.2) is 9.97 Å². The molecular formula is C10H8N2O. The van der Waals surface area contributed by atoms with Crippen LogP contribution in [0.1, 0.15) is 15.9 Å². The summed E-state index contributed by atoms with van der Waals surface area (Å²) in [5.41, 5.74) is 2.18. The highest BCUT2D eigenvalue weighted by atomic mass is 16.1. The van der Waals surface area contributed by atoms with Crippen molar-refractivity contribution in [2.75, 3.05) is 0 Å². The van der Waals surface area contributed by atoms with E-state index in [0.717, 1.165) is 17.2 Å². The third kappa shape index (κ3) is 1.18. The van der Waals surface area contributed by atoms with E-state index in [0.29, 0.717) is 11.2 Å². The van der Waals surface area contributed by atoms with Crippen molar-refractivity contribution in [2.45, 2.75) is 6.92 Å². The first kappa shape index (κ1) is 7.86. The summed E-state index contributed by atoms with van der Waals surface area (Å²) in [6, 6.07) is 3.66. The minimum absolute atomic E-state index is 0.621. The maximum Gasteiger partial charge on any atom is 0.159 e. The summed E-state index contributed by atoms with van der Waals surface area (Å²) in [6.45, 7) is 1.86. The molecule has 0 amide bonds. The fraction of sp³-hybridized carbons (Fsp3) is 0.100. The topological polar surface area (TPSA) is 42.9 Å². The van der Waals surface area contributed by atoms with Gasteiger partial charge in [-0.15, -0.1) is 0 Å². The molecule has 0 aromatic carbocycles. The molecule has 0 aliphatic rings. The van der Waals surface area contributed by atoms with Crippen LogP contribution in [0.15, 0.2) is 24.5 Å². The molecule has 2 heterocycles. The minimum atomic E-state index is 0.621. The van der Waals surface area contributed by atoms with Crippen LogP contribution in [0.25, 0.3) is 11.0 Å². The molecule has 0 radical (unpaired) electrons. The zero-order valence-electron chi connectivity index (χ0n) is 7.19. The SMILES string of the molecule is Cc1cnc2ncccc2c1C=O. The first-order valence-corrected chi connectivity index (χ1v) is 3.98. The van der Waals surface area contributed by atoms with Crippen molar-refractivity contribution in [1.82, 2.24) is 9.97 Å². The van der Waals surface area contributed by atoms with E-state index >= 15 is 0 Å². The van der Waals surface area contributed by atoms with Crippen LogP contribution in [-0.2, 0) is 0 Å². The van der Waals surface area contributed by atoms with Crippen molar-refractivity contribution in [1.29, 1.82) is 0 Å². The standard InChI is InChI=1S/C10H8N2O/c1-7-5-12-10-8(9(7)6-13)3-2-4-11-10/h2-6H,1H3. The Morgan fingerprint density at radius 3 is 3.00 bits per heavy atom. The fourth-order valence-electron chi connectivity index (χ4n) is 1.31. The van der Waals surface area contributed by atoms with E-state index < -0.39 is 0 Å². The second-order valence-corrected chi connectivity index (χ2v) is 2.85. The van der Waals surface area contributed by atoms with E-state index in [9.17, 15) is 4.79 Å². The highest BCUT2D eigenvalue weighted by molar-refractivity contribution is 5.95. The van der Waals surface area contributed by atoms with Gasteiger partial charge < -0.3 is 0 Å². The average molecular weight is 172 g/mol. The first-order chi connectivity index (χ1) is 6.33. The summed E-state index contributed by atoms with van der Waals surface area (Å²) in [5, 5.41) is 0.817. The third-order valence-corrected chi connectivity index (χ3v) is 2.00. The van der Waals surface area contributed by atoms with Gasteiger partial charge in [0.25, 0.3) is 0 Å². The predicted octanol–water partition coefficient (Wildman–Crippen LogP) is 1.75. The van der Waals surface area contributed by atoms with Crippen molar-refractivity contribution in [2.24, 2.45) is 0 Å². The summed E-state index contributed by atoms with van der Waals surface area (Å²) in [4.78, 5) is 19.0. The molecule has 64 valence electrons. The van der Waals surface area contributed by atoms with Crippen molar-refractivity contribution in [3.8, 4) is 0 Å². The molecule has 0 unspecified atom stereocenters. The van der Waals surface area contributed by atoms with Crippen LogP contribution in [0, 0.1) is 6.92 Å². The van der Waals surface area contributed by atoms with Crippen molar-refractivity contribution in [3.63, 3.8) is 0 Å². The van der Waals surface area contributed by atoms with E-state index in [1.54, 1.807) is 18.5 Å². The highest BCUT2D eigenvalue weighted by Gasteiger charge is 2.03. The van der Waals surface area contributed by atoms with Crippen LogP contribution in [0.2, 0.25) is 0 Å². The molecule has 3 nitrogen and oxygen atoms in total. The van der Waals surface area contributed by atoms with Gasteiger partial charge in [0.2, 0.25) is 0 Å². The van der Waals surface area contributed by atoms with E-state index in [1.807, 2.05) is 13.0 Å². The molecule has 0 bridgehead atoms. The summed E-state index contributed by atoms with van der Waals surface area (Å²) in [6.07, 6.45) is 4.18. The molecule has 2 rings (SSSR count). The summed E-state index contributed by atoms with van der Waals surface area (Å²) in [5.74, 6) is 0. The lowest BCUT2D eigenvalue weighted by Gasteiger charge is -2.01. The molecule has 3 heteroatoms. The molecule has 2 aromatic rings. The molecule has 0 aliphatic carbocycles. The maximum absolute atomic E-state index is 10.8. The molecule has 0 saturated heterocycles. The number of aldehydes is 1. The zero-order valence-corrected chi connectivity index (χ0v) is 7.19. The lowest BCUT2D eigenvalue weighted by Crippen LogP contribution is -1.92. The highest BCUT2D eigenvalue weighted by Crippen LogP contribution is 2.15. The number of fused-ring (bicyclic) bond motifs is 1. The Labute approximate surface area is 75.4 Å². The van der Waals surface area contributed by atoms with Crippen LogP contribution in [-0.4, -0.2) is 16.3 Å². The maximum atomic E-state index is 10.8. The van der Waals surface area contributed by atoms with Gasteiger partial charge in [-0.3, -0.25) is 4.79 Å². The quantitative estimate of drug-likeness (QED) is 0.615. The van der Waals surface area contributed by atoms with E-state index in [4.69, 9.17) is 0 Å². The Kier molecular flexibility index (Phi) is 1.77. The van der Waals surface area contributed by atoms with Gasteiger partial charge in [-0.2, -0.15) is 0 Å². The number of nitrogens with zero attached hydrogens (tertiary/aromatic N) is 2. The Bertz CT molecular complexity index is 465. The normalized spacial score (nSPS) is 10.2. The third-order valence-electron chi connectivity index (χ3n) is 2.00. The van der Waals surface area contributed by atoms with Crippen molar-refractivity contribution >= 4 is 17.3 Å². The van der Waals surface area contributed by atoms with Gasteiger partial charge in [0.05, 0.1) is 0 Å². The van der Waals surface area contributed by atoms with Crippen molar-refractivity contribution < 1.29 is 4.79 Å². The number of aromatic nitrogens is 2. The lowest BCUT2D eigenvalue weighted by molar-refractivity contribution is 0.112. The Hall–Kier alpha value is -1.77. The summed E-state index contributed by atoms with van der Waals surface area (Å²) < 4.78 is 0. The Morgan fingerprint density at radius 2 is 2.23 bits per heavy atom. The van der Waals surface area contributed by atoms with Crippen LogP contribution in [0.5, 0.6) is 0 Å². The van der Waals surface area contributed by atoms with Gasteiger partial charge in [0, 0.05) is 23.3 Å². The number of carbonyl (C=O) groups excluding carboxylic acids is 1. The molecule has 0 aliphatic heterocycles. The number of hydrogen-bond acceptors (Lipinski definition) is 3. The Morgan fingerprint density at radius 1 is 1.38 bits per heavy atom. The number of rotatable bonds is 1. The van der Waals surface area contributed by atoms with Crippen LogP contribution in [0.3, 0.4) is 0 Å². The molecule has 0 spiro atoms. The molecule has 2 aromatic heterocycles. The summed E-state index contributed by atoms with van der Waals surface area (Å²) >= 11 is 0. The summed E-state index contributed by atoms with van der Waals surface area (Å²) in [7, 11) is 0. The largest absolute Gasteiger partial charge is 0.298 e. The number of hydrogen-bond donors (Lipinski definition) is 0. The molecule has 0 saturated carbocycles. The van der Waals surface area contributed by atoms with Crippen LogP contribution >= 0.6 is 0 Å². The van der Waals surface area contributed by atoms with Gasteiger partial charge >= 0.3 is 0 Å². The van der Waals surface area contributed by atoms with E-state index in [1.165, 1.54) is 0 Å². The number of aryl methyl sites for hydroxylation is 1. The zero-order chi connectivity index (χ0) is 9.26. The average Bonchev–Trinajstić information content (AvgIpc) is 2.18. The van der Waals surface area contributed by atoms with Crippen LogP contribution < -0.4 is 0 Å². The predicted molar refractivity (Wildman–Crippen MR) is 49.7 cm³/mol. The first-order valence-electron chi connectivity index (χ1n) is 3.98. The molecule has 0 fully saturated rings. The van der Waals surface area contributed by atoms with E-state index in [2.05, 4.69) is 9.97 Å². The Balaban J connectivity index is 2.91.